The second-order valence-corrected chi connectivity index (χ2v) is 9.04. The molecule has 6 heteroatoms. The third kappa shape index (κ3) is 4.70. The summed E-state index contributed by atoms with van der Waals surface area (Å²) in [7, 11) is 0. The molecule has 1 saturated carbocycles. The molecule has 1 aromatic heterocycles. The highest BCUT2D eigenvalue weighted by Gasteiger charge is 2.36. The molecular weight excluding hydrogens is 414 g/mol. The van der Waals surface area contributed by atoms with Crippen LogP contribution in [0.4, 0.5) is 5.69 Å². The molecule has 2 amide bonds. The van der Waals surface area contributed by atoms with Crippen molar-refractivity contribution in [2.24, 2.45) is 0 Å². The molecule has 0 atom stereocenters. The summed E-state index contributed by atoms with van der Waals surface area (Å²) < 4.78 is 6.12. The number of hydrogen-bond acceptors (Lipinski definition) is 4. The summed E-state index contributed by atoms with van der Waals surface area (Å²) in [6, 6.07) is 17.3. The highest BCUT2D eigenvalue weighted by Crippen LogP contribution is 2.43. The van der Waals surface area contributed by atoms with Crippen molar-refractivity contribution in [1.29, 1.82) is 0 Å². The molecule has 0 bridgehead atoms. The number of amides is 2. The number of carbonyl (C=O) groups excluding carboxylic acids is 2. The SMILES string of the molecule is Cc1ccc(N(CC(=O)N2CCCCC2)C(=O)c2nc(-c3ccccc3)oc2C2CC2)cc1. The number of likely N-dealkylation sites (tertiary alicyclic amines) is 1. The molecule has 170 valence electrons. The summed E-state index contributed by atoms with van der Waals surface area (Å²) in [5.74, 6) is 1.00. The molecule has 1 aliphatic carbocycles. The molecule has 0 radical (unpaired) electrons. The van der Waals surface area contributed by atoms with Crippen LogP contribution in [0, 0.1) is 6.92 Å². The van der Waals surface area contributed by atoms with Gasteiger partial charge in [0.05, 0.1) is 0 Å². The van der Waals surface area contributed by atoms with Gasteiger partial charge in [0.25, 0.3) is 5.91 Å². The fourth-order valence-corrected chi connectivity index (χ4v) is 4.32. The molecule has 33 heavy (non-hydrogen) atoms. The molecule has 1 saturated heterocycles. The quantitative estimate of drug-likeness (QED) is 0.526. The summed E-state index contributed by atoms with van der Waals surface area (Å²) in [5.41, 5.74) is 2.95. The summed E-state index contributed by atoms with van der Waals surface area (Å²) in [5, 5.41) is 0. The van der Waals surface area contributed by atoms with E-state index in [0.29, 0.717) is 23.0 Å². The first-order chi connectivity index (χ1) is 16.1. The van der Waals surface area contributed by atoms with Crippen molar-refractivity contribution in [2.45, 2.75) is 44.9 Å². The topological polar surface area (TPSA) is 66.7 Å². The van der Waals surface area contributed by atoms with E-state index in [4.69, 9.17) is 4.42 Å². The summed E-state index contributed by atoms with van der Waals surface area (Å²) in [6.45, 7) is 3.51. The first kappa shape index (κ1) is 21.4. The maximum atomic E-state index is 13.9. The van der Waals surface area contributed by atoms with Crippen molar-refractivity contribution < 1.29 is 14.0 Å². The van der Waals surface area contributed by atoms with Gasteiger partial charge in [-0.1, -0.05) is 35.9 Å². The molecule has 0 unspecified atom stereocenters. The number of aromatic nitrogens is 1. The number of benzene rings is 2. The Bertz CT molecular complexity index is 1130. The normalized spacial score (nSPS) is 16.0. The van der Waals surface area contributed by atoms with Gasteiger partial charge in [-0.2, -0.15) is 0 Å². The lowest BCUT2D eigenvalue weighted by molar-refractivity contribution is -0.130. The molecule has 2 fully saturated rings. The van der Waals surface area contributed by atoms with Crippen LogP contribution < -0.4 is 4.90 Å². The zero-order valence-corrected chi connectivity index (χ0v) is 19.0. The minimum Gasteiger partial charge on any atom is -0.440 e. The van der Waals surface area contributed by atoms with Crippen LogP contribution in [0.15, 0.2) is 59.0 Å². The Hall–Kier alpha value is -3.41. The number of hydrogen-bond donors (Lipinski definition) is 0. The van der Waals surface area contributed by atoms with E-state index in [1.165, 1.54) is 0 Å². The number of aryl methyl sites for hydroxylation is 1. The van der Waals surface area contributed by atoms with E-state index >= 15 is 0 Å². The molecular formula is C27H29N3O3. The van der Waals surface area contributed by atoms with Gasteiger partial charge in [-0.05, 0) is 63.3 Å². The smallest absolute Gasteiger partial charge is 0.281 e. The number of piperidine rings is 1. The molecule has 0 spiro atoms. The molecule has 2 heterocycles. The zero-order valence-electron chi connectivity index (χ0n) is 19.0. The van der Waals surface area contributed by atoms with Gasteiger partial charge in [0, 0.05) is 30.3 Å². The maximum Gasteiger partial charge on any atom is 0.281 e. The number of nitrogens with zero attached hydrogens (tertiary/aromatic N) is 3. The third-order valence-electron chi connectivity index (χ3n) is 6.42. The number of carbonyl (C=O) groups is 2. The fraction of sp³-hybridized carbons (Fsp3) is 0.370. The van der Waals surface area contributed by atoms with E-state index in [1.54, 1.807) is 4.90 Å². The van der Waals surface area contributed by atoms with Crippen LogP contribution >= 0.6 is 0 Å². The van der Waals surface area contributed by atoms with Crippen LogP contribution in [0.5, 0.6) is 0 Å². The van der Waals surface area contributed by atoms with Crippen molar-refractivity contribution in [3.63, 3.8) is 0 Å². The van der Waals surface area contributed by atoms with Crippen LogP contribution in [-0.4, -0.2) is 41.3 Å². The van der Waals surface area contributed by atoms with Crippen molar-refractivity contribution in [2.75, 3.05) is 24.5 Å². The summed E-state index contributed by atoms with van der Waals surface area (Å²) >= 11 is 0. The zero-order chi connectivity index (χ0) is 22.8. The first-order valence-corrected chi connectivity index (χ1v) is 11.8. The van der Waals surface area contributed by atoms with Gasteiger partial charge in [-0.3, -0.25) is 14.5 Å². The van der Waals surface area contributed by atoms with Gasteiger partial charge in [0.15, 0.2) is 5.69 Å². The van der Waals surface area contributed by atoms with Crippen LogP contribution in [-0.2, 0) is 4.79 Å². The predicted octanol–water partition coefficient (Wildman–Crippen LogP) is 5.19. The van der Waals surface area contributed by atoms with Crippen molar-refractivity contribution >= 4 is 17.5 Å². The standard InChI is InChI=1S/C27H29N3O3/c1-19-10-14-22(15-11-19)30(18-23(31)29-16-6-3-7-17-29)27(32)24-25(20-12-13-20)33-26(28-24)21-8-4-2-5-9-21/h2,4-5,8-11,14-15,20H,3,6-7,12-13,16-18H2,1H3. The summed E-state index contributed by atoms with van der Waals surface area (Å²) in [6.07, 6.45) is 5.15. The van der Waals surface area contributed by atoms with Crippen LogP contribution in [0.3, 0.4) is 0 Å². The van der Waals surface area contributed by atoms with Gasteiger partial charge in [-0.15, -0.1) is 0 Å². The van der Waals surface area contributed by atoms with E-state index in [2.05, 4.69) is 4.98 Å². The van der Waals surface area contributed by atoms with Crippen LogP contribution in [0.25, 0.3) is 11.5 Å². The van der Waals surface area contributed by atoms with Gasteiger partial charge >= 0.3 is 0 Å². The molecule has 6 nitrogen and oxygen atoms in total. The second-order valence-electron chi connectivity index (χ2n) is 9.04. The Balaban J connectivity index is 1.49. The first-order valence-electron chi connectivity index (χ1n) is 11.8. The lowest BCUT2D eigenvalue weighted by Crippen LogP contribution is -2.45. The monoisotopic (exact) mass is 443 g/mol. The number of rotatable bonds is 6. The Morgan fingerprint density at radius 3 is 2.36 bits per heavy atom. The lowest BCUT2D eigenvalue weighted by Gasteiger charge is -2.30. The van der Waals surface area contributed by atoms with E-state index < -0.39 is 0 Å². The maximum absolute atomic E-state index is 13.9. The summed E-state index contributed by atoms with van der Waals surface area (Å²) in [4.78, 5) is 35.1. The van der Waals surface area contributed by atoms with E-state index in [0.717, 1.165) is 56.3 Å². The third-order valence-corrected chi connectivity index (χ3v) is 6.42. The van der Waals surface area contributed by atoms with Crippen molar-refractivity contribution in [3.8, 4) is 11.5 Å². The van der Waals surface area contributed by atoms with Gasteiger partial charge < -0.3 is 9.32 Å². The van der Waals surface area contributed by atoms with Gasteiger partial charge in [0.1, 0.15) is 12.3 Å². The van der Waals surface area contributed by atoms with Crippen molar-refractivity contribution in [3.05, 3.63) is 71.6 Å². The second kappa shape index (κ2) is 9.22. The van der Waals surface area contributed by atoms with Crippen LogP contribution in [0.2, 0.25) is 0 Å². The van der Waals surface area contributed by atoms with Gasteiger partial charge in [0.2, 0.25) is 11.8 Å². The van der Waals surface area contributed by atoms with E-state index in [-0.39, 0.29) is 24.3 Å². The highest BCUT2D eigenvalue weighted by atomic mass is 16.4. The Kier molecular flexibility index (Phi) is 5.99. The van der Waals surface area contributed by atoms with E-state index in [1.807, 2.05) is 66.4 Å². The Labute approximate surface area is 194 Å². The number of oxazole rings is 1. The largest absolute Gasteiger partial charge is 0.440 e. The average Bonchev–Trinajstić information content (AvgIpc) is 3.61. The molecule has 3 aromatic rings. The average molecular weight is 444 g/mol. The predicted molar refractivity (Wildman–Crippen MR) is 127 cm³/mol. The minimum absolute atomic E-state index is 0.000465. The van der Waals surface area contributed by atoms with Crippen LogP contribution in [0.1, 0.15) is 59.8 Å². The molecule has 5 rings (SSSR count). The highest BCUT2D eigenvalue weighted by molar-refractivity contribution is 6.08. The molecule has 0 N–H and O–H groups in total. The van der Waals surface area contributed by atoms with Gasteiger partial charge in [-0.25, -0.2) is 4.98 Å². The Morgan fingerprint density at radius 2 is 1.70 bits per heavy atom. The fourth-order valence-electron chi connectivity index (χ4n) is 4.32. The van der Waals surface area contributed by atoms with Crippen molar-refractivity contribution in [1.82, 2.24) is 9.88 Å². The lowest BCUT2D eigenvalue weighted by atomic mass is 10.1. The molecule has 1 aliphatic heterocycles. The molecule has 2 aliphatic rings. The Morgan fingerprint density at radius 1 is 1.00 bits per heavy atom. The minimum atomic E-state index is -0.281. The molecule has 2 aromatic carbocycles. The number of anilines is 1. The van der Waals surface area contributed by atoms with E-state index in [9.17, 15) is 9.59 Å².